The van der Waals surface area contributed by atoms with Gasteiger partial charge in [0.2, 0.25) is 0 Å². The first-order chi connectivity index (χ1) is 9.51. The van der Waals surface area contributed by atoms with Crippen LogP contribution in [0, 0.1) is 17.7 Å². The Balaban J connectivity index is 2.34. The van der Waals surface area contributed by atoms with Gasteiger partial charge < -0.3 is 10.6 Å². The molecular weight excluding hydrogens is 251 g/mol. The minimum Gasteiger partial charge on any atom is -0.367 e. The summed E-state index contributed by atoms with van der Waals surface area (Å²) in [5.41, 5.74) is 7.28. The summed E-state index contributed by atoms with van der Waals surface area (Å²) in [5.74, 6) is 1.02. The largest absolute Gasteiger partial charge is 0.367 e. The predicted molar refractivity (Wildman–Crippen MR) is 83.4 cm³/mol. The maximum atomic E-state index is 13.1. The van der Waals surface area contributed by atoms with Crippen molar-refractivity contribution in [3.63, 3.8) is 0 Å². The van der Waals surface area contributed by atoms with E-state index in [2.05, 4.69) is 25.8 Å². The Kier molecular flexibility index (Phi) is 4.69. The highest BCUT2D eigenvalue weighted by Crippen LogP contribution is 2.43. The van der Waals surface area contributed by atoms with E-state index in [-0.39, 0.29) is 11.4 Å². The Bertz CT molecular complexity index is 429. The van der Waals surface area contributed by atoms with Crippen molar-refractivity contribution in [2.45, 2.75) is 45.1 Å². The zero-order valence-electron chi connectivity index (χ0n) is 12.9. The van der Waals surface area contributed by atoms with E-state index in [1.54, 1.807) is 0 Å². The third-order valence-corrected chi connectivity index (χ3v) is 5.11. The number of likely N-dealkylation sites (N-methyl/N-ethyl adjacent to an activating group) is 1. The van der Waals surface area contributed by atoms with E-state index in [1.165, 1.54) is 31.4 Å². The van der Waals surface area contributed by atoms with Gasteiger partial charge in [0.25, 0.3) is 0 Å². The third-order valence-electron chi connectivity index (χ3n) is 5.11. The van der Waals surface area contributed by atoms with E-state index >= 15 is 0 Å². The van der Waals surface area contributed by atoms with Gasteiger partial charge in [0.1, 0.15) is 5.82 Å². The van der Waals surface area contributed by atoms with Crippen LogP contribution in [0.5, 0.6) is 0 Å². The van der Waals surface area contributed by atoms with Gasteiger partial charge in [-0.25, -0.2) is 4.39 Å². The molecule has 1 fully saturated rings. The second kappa shape index (κ2) is 6.13. The van der Waals surface area contributed by atoms with Gasteiger partial charge in [-0.3, -0.25) is 0 Å². The average Bonchev–Trinajstić information content (AvgIpc) is 2.47. The van der Waals surface area contributed by atoms with E-state index in [9.17, 15) is 4.39 Å². The molecule has 2 atom stereocenters. The first-order valence-electron chi connectivity index (χ1n) is 7.71. The fraction of sp³-hybridized carbons (Fsp3) is 0.647. The highest BCUT2D eigenvalue weighted by Gasteiger charge is 2.44. The number of hydrogen-bond acceptors (Lipinski definition) is 2. The Morgan fingerprint density at radius 1 is 1.30 bits per heavy atom. The molecule has 0 saturated heterocycles. The minimum atomic E-state index is -0.187. The molecule has 0 spiro atoms. The van der Waals surface area contributed by atoms with Crippen LogP contribution in [0.1, 0.15) is 39.5 Å². The number of nitrogens with zero attached hydrogens (tertiary/aromatic N) is 1. The molecule has 0 radical (unpaired) electrons. The monoisotopic (exact) mass is 278 g/mol. The van der Waals surface area contributed by atoms with E-state index in [0.29, 0.717) is 18.4 Å². The van der Waals surface area contributed by atoms with E-state index in [4.69, 9.17) is 5.73 Å². The summed E-state index contributed by atoms with van der Waals surface area (Å²) >= 11 is 0. The van der Waals surface area contributed by atoms with Crippen molar-refractivity contribution in [2.24, 2.45) is 17.6 Å². The first kappa shape index (κ1) is 15.3. The van der Waals surface area contributed by atoms with Gasteiger partial charge in [0.15, 0.2) is 0 Å². The van der Waals surface area contributed by atoms with Crippen molar-refractivity contribution in [1.82, 2.24) is 0 Å². The number of nitrogens with two attached hydrogens (primary N) is 1. The molecule has 2 unspecified atom stereocenters. The van der Waals surface area contributed by atoms with E-state index < -0.39 is 0 Å². The van der Waals surface area contributed by atoms with Crippen LogP contribution in [0.25, 0.3) is 0 Å². The molecule has 2 N–H and O–H groups in total. The molecule has 1 aliphatic rings. The van der Waals surface area contributed by atoms with Crippen LogP contribution in [0.3, 0.4) is 0 Å². The van der Waals surface area contributed by atoms with Gasteiger partial charge in [0.05, 0.1) is 5.54 Å². The van der Waals surface area contributed by atoms with E-state index in [0.717, 1.165) is 12.1 Å². The summed E-state index contributed by atoms with van der Waals surface area (Å²) in [5, 5.41) is 0. The molecule has 0 bridgehead atoms. The standard InChI is InChI=1S/C17H27FN2/c1-13(2)16-6-4-5-11-17(16,12-19)20(3)15-9-7-14(18)8-10-15/h7-10,13,16H,4-6,11-12,19H2,1-3H3. The lowest BCUT2D eigenvalue weighted by atomic mass is 9.67. The van der Waals surface area contributed by atoms with Gasteiger partial charge in [-0.1, -0.05) is 26.7 Å². The lowest BCUT2D eigenvalue weighted by molar-refractivity contribution is 0.142. The molecule has 0 heterocycles. The van der Waals surface area contributed by atoms with Crippen LogP contribution in [-0.2, 0) is 0 Å². The van der Waals surface area contributed by atoms with Gasteiger partial charge in [-0.2, -0.15) is 0 Å². The molecule has 0 amide bonds. The smallest absolute Gasteiger partial charge is 0.123 e. The molecule has 1 aromatic rings. The summed E-state index contributed by atoms with van der Waals surface area (Å²) < 4.78 is 13.1. The van der Waals surface area contributed by atoms with Crippen molar-refractivity contribution in [2.75, 3.05) is 18.5 Å². The molecule has 1 aliphatic carbocycles. The highest BCUT2D eigenvalue weighted by atomic mass is 19.1. The molecule has 2 rings (SSSR count). The van der Waals surface area contributed by atoms with E-state index in [1.807, 2.05) is 12.1 Å². The molecule has 20 heavy (non-hydrogen) atoms. The maximum absolute atomic E-state index is 13.1. The summed E-state index contributed by atoms with van der Waals surface area (Å²) in [6.07, 6.45) is 4.88. The van der Waals surface area contributed by atoms with Crippen molar-refractivity contribution in [1.29, 1.82) is 0 Å². The van der Waals surface area contributed by atoms with Crippen molar-refractivity contribution in [3.8, 4) is 0 Å². The SMILES string of the molecule is CC(C)C1CCCCC1(CN)N(C)c1ccc(F)cc1. The third kappa shape index (κ3) is 2.69. The predicted octanol–water partition coefficient (Wildman–Crippen LogP) is 3.81. The Labute approximate surface area is 122 Å². The van der Waals surface area contributed by atoms with Gasteiger partial charge in [0, 0.05) is 19.3 Å². The maximum Gasteiger partial charge on any atom is 0.123 e. The van der Waals surface area contributed by atoms with Crippen LogP contribution in [0.2, 0.25) is 0 Å². The normalized spacial score (nSPS) is 26.8. The van der Waals surface area contributed by atoms with Gasteiger partial charge >= 0.3 is 0 Å². The zero-order valence-corrected chi connectivity index (χ0v) is 12.9. The molecule has 1 aromatic carbocycles. The number of anilines is 1. The minimum absolute atomic E-state index is 0.00421. The van der Waals surface area contributed by atoms with Crippen LogP contribution in [-0.4, -0.2) is 19.1 Å². The number of halogens is 1. The fourth-order valence-corrected chi connectivity index (χ4v) is 3.93. The lowest BCUT2D eigenvalue weighted by Gasteiger charge is -2.52. The Morgan fingerprint density at radius 2 is 1.95 bits per heavy atom. The van der Waals surface area contributed by atoms with Crippen LogP contribution < -0.4 is 10.6 Å². The van der Waals surface area contributed by atoms with Crippen molar-refractivity contribution >= 4 is 5.69 Å². The second-order valence-corrected chi connectivity index (χ2v) is 6.44. The second-order valence-electron chi connectivity index (χ2n) is 6.44. The first-order valence-corrected chi connectivity index (χ1v) is 7.71. The summed E-state index contributed by atoms with van der Waals surface area (Å²) in [6, 6.07) is 6.78. The molecular formula is C17H27FN2. The van der Waals surface area contributed by atoms with Gasteiger partial charge in [-0.05, 0) is 48.9 Å². The zero-order chi connectivity index (χ0) is 14.8. The lowest BCUT2D eigenvalue weighted by Crippen LogP contribution is -2.60. The summed E-state index contributed by atoms with van der Waals surface area (Å²) in [4.78, 5) is 2.30. The average molecular weight is 278 g/mol. The molecule has 2 nitrogen and oxygen atoms in total. The quantitative estimate of drug-likeness (QED) is 0.907. The number of hydrogen-bond donors (Lipinski definition) is 1. The summed E-state index contributed by atoms with van der Waals surface area (Å²) in [6.45, 7) is 5.24. The molecule has 1 saturated carbocycles. The molecule has 0 aromatic heterocycles. The summed E-state index contributed by atoms with van der Waals surface area (Å²) in [7, 11) is 2.11. The molecule has 0 aliphatic heterocycles. The van der Waals surface area contributed by atoms with Gasteiger partial charge in [-0.15, -0.1) is 0 Å². The number of benzene rings is 1. The Morgan fingerprint density at radius 3 is 2.50 bits per heavy atom. The number of rotatable bonds is 4. The molecule has 3 heteroatoms. The van der Waals surface area contributed by atoms with Crippen LogP contribution >= 0.6 is 0 Å². The van der Waals surface area contributed by atoms with Crippen molar-refractivity contribution < 1.29 is 4.39 Å². The van der Waals surface area contributed by atoms with Crippen LogP contribution in [0.15, 0.2) is 24.3 Å². The topological polar surface area (TPSA) is 29.3 Å². The van der Waals surface area contributed by atoms with Crippen LogP contribution in [0.4, 0.5) is 10.1 Å². The Hall–Kier alpha value is -1.09. The van der Waals surface area contributed by atoms with Crippen molar-refractivity contribution in [3.05, 3.63) is 30.1 Å². The molecule has 112 valence electrons. The highest BCUT2D eigenvalue weighted by molar-refractivity contribution is 5.49. The fourth-order valence-electron chi connectivity index (χ4n) is 3.93.